The third kappa shape index (κ3) is 2.31. The van der Waals surface area contributed by atoms with Crippen LogP contribution < -0.4 is 4.74 Å². The van der Waals surface area contributed by atoms with Crippen molar-refractivity contribution in [1.29, 1.82) is 0 Å². The second-order valence-corrected chi connectivity index (χ2v) is 5.69. The number of rotatable bonds is 2. The van der Waals surface area contributed by atoms with E-state index in [1.807, 2.05) is 29.2 Å². The number of nitrogens with zero attached hydrogens (tertiary/aromatic N) is 1. The highest BCUT2D eigenvalue weighted by molar-refractivity contribution is 9.10. The molecule has 3 nitrogen and oxygen atoms in total. The quantitative estimate of drug-likeness (QED) is 0.841. The molecule has 0 unspecified atom stereocenters. The van der Waals surface area contributed by atoms with E-state index in [1.54, 1.807) is 13.2 Å². The predicted octanol–water partition coefficient (Wildman–Crippen LogP) is 3.61. The highest BCUT2D eigenvalue weighted by Crippen LogP contribution is 2.28. The van der Waals surface area contributed by atoms with Crippen molar-refractivity contribution in [3.05, 3.63) is 63.6 Å². The third-order valence-corrected chi connectivity index (χ3v) is 4.02. The van der Waals surface area contributed by atoms with Gasteiger partial charge in [0.1, 0.15) is 5.75 Å². The molecule has 0 aromatic heterocycles. The maximum absolute atomic E-state index is 12.6. The maximum atomic E-state index is 12.6. The molecule has 3 rings (SSSR count). The SMILES string of the molecule is COc1cc(Br)ccc1C(=O)N1Cc2ccccc2C1. The van der Waals surface area contributed by atoms with Crippen molar-refractivity contribution in [1.82, 2.24) is 4.90 Å². The normalized spacial score (nSPS) is 13.2. The van der Waals surface area contributed by atoms with E-state index in [4.69, 9.17) is 4.74 Å². The number of hydrogen-bond acceptors (Lipinski definition) is 2. The van der Waals surface area contributed by atoms with E-state index in [1.165, 1.54) is 11.1 Å². The fraction of sp³-hybridized carbons (Fsp3) is 0.188. The van der Waals surface area contributed by atoms with Crippen LogP contribution in [0.5, 0.6) is 5.75 Å². The summed E-state index contributed by atoms with van der Waals surface area (Å²) in [6.07, 6.45) is 0. The number of fused-ring (bicyclic) bond motifs is 1. The maximum Gasteiger partial charge on any atom is 0.258 e. The first-order valence-corrected chi connectivity index (χ1v) is 7.18. The zero-order chi connectivity index (χ0) is 14.1. The average molecular weight is 332 g/mol. The highest BCUT2D eigenvalue weighted by Gasteiger charge is 2.25. The fourth-order valence-corrected chi connectivity index (χ4v) is 2.83. The van der Waals surface area contributed by atoms with Crippen LogP contribution in [0, 0.1) is 0 Å². The van der Waals surface area contributed by atoms with E-state index in [0.29, 0.717) is 24.4 Å². The van der Waals surface area contributed by atoms with E-state index in [2.05, 4.69) is 28.1 Å². The first kappa shape index (κ1) is 13.2. The van der Waals surface area contributed by atoms with Gasteiger partial charge in [0.2, 0.25) is 0 Å². The Kier molecular flexibility index (Phi) is 3.49. The predicted molar refractivity (Wildman–Crippen MR) is 80.7 cm³/mol. The zero-order valence-corrected chi connectivity index (χ0v) is 12.7. The lowest BCUT2D eigenvalue weighted by molar-refractivity contribution is 0.0748. The van der Waals surface area contributed by atoms with Gasteiger partial charge in [0.25, 0.3) is 5.91 Å². The second-order valence-electron chi connectivity index (χ2n) is 4.77. The minimum absolute atomic E-state index is 0.00514. The molecule has 1 heterocycles. The monoisotopic (exact) mass is 331 g/mol. The Morgan fingerprint density at radius 3 is 2.40 bits per heavy atom. The molecule has 0 bridgehead atoms. The summed E-state index contributed by atoms with van der Waals surface area (Å²) in [5, 5.41) is 0. The van der Waals surface area contributed by atoms with Crippen molar-refractivity contribution >= 4 is 21.8 Å². The lowest BCUT2D eigenvalue weighted by atomic mass is 10.1. The molecule has 20 heavy (non-hydrogen) atoms. The molecule has 0 atom stereocenters. The molecule has 0 N–H and O–H groups in total. The van der Waals surface area contributed by atoms with E-state index < -0.39 is 0 Å². The molecule has 2 aromatic rings. The Bertz CT molecular complexity index is 644. The van der Waals surface area contributed by atoms with E-state index in [-0.39, 0.29) is 5.91 Å². The summed E-state index contributed by atoms with van der Waals surface area (Å²) in [5.74, 6) is 0.603. The van der Waals surface area contributed by atoms with Gasteiger partial charge >= 0.3 is 0 Å². The molecular weight excluding hydrogens is 318 g/mol. The molecule has 0 spiro atoms. The van der Waals surface area contributed by atoms with Crippen molar-refractivity contribution in [2.24, 2.45) is 0 Å². The number of carbonyl (C=O) groups excluding carboxylic acids is 1. The molecule has 1 aliphatic rings. The largest absolute Gasteiger partial charge is 0.496 e. The van der Waals surface area contributed by atoms with Crippen LogP contribution in [0.2, 0.25) is 0 Å². The van der Waals surface area contributed by atoms with Crippen molar-refractivity contribution in [3.8, 4) is 5.75 Å². The first-order valence-electron chi connectivity index (χ1n) is 6.38. The van der Waals surface area contributed by atoms with E-state index in [9.17, 15) is 4.79 Å². The van der Waals surface area contributed by atoms with Crippen LogP contribution in [-0.2, 0) is 13.1 Å². The number of methoxy groups -OCH3 is 1. The van der Waals surface area contributed by atoms with Crippen molar-refractivity contribution in [3.63, 3.8) is 0 Å². The molecule has 0 aliphatic carbocycles. The Morgan fingerprint density at radius 2 is 1.80 bits per heavy atom. The lowest BCUT2D eigenvalue weighted by Crippen LogP contribution is -2.25. The molecule has 1 aliphatic heterocycles. The molecule has 4 heteroatoms. The van der Waals surface area contributed by atoms with Gasteiger partial charge in [-0.2, -0.15) is 0 Å². The van der Waals surface area contributed by atoms with Crippen molar-refractivity contribution in [2.75, 3.05) is 7.11 Å². The summed E-state index contributed by atoms with van der Waals surface area (Å²) in [6.45, 7) is 1.32. The standard InChI is InChI=1S/C16H14BrNO2/c1-20-15-8-13(17)6-7-14(15)16(19)18-9-11-4-2-3-5-12(11)10-18/h2-8H,9-10H2,1H3. The Morgan fingerprint density at radius 1 is 1.15 bits per heavy atom. The third-order valence-electron chi connectivity index (χ3n) is 3.52. The van der Waals surface area contributed by atoms with Gasteiger partial charge in [0.05, 0.1) is 12.7 Å². The second kappa shape index (κ2) is 5.29. The van der Waals surface area contributed by atoms with Gasteiger partial charge in [0.15, 0.2) is 0 Å². The van der Waals surface area contributed by atoms with Gasteiger partial charge in [-0.05, 0) is 29.3 Å². The molecular formula is C16H14BrNO2. The summed E-state index contributed by atoms with van der Waals surface area (Å²) < 4.78 is 6.21. The van der Waals surface area contributed by atoms with E-state index in [0.717, 1.165) is 4.47 Å². The number of carbonyl (C=O) groups is 1. The molecule has 0 saturated carbocycles. The summed E-state index contributed by atoms with van der Waals surface area (Å²) in [4.78, 5) is 14.5. The van der Waals surface area contributed by atoms with Crippen LogP contribution in [0.1, 0.15) is 21.5 Å². The van der Waals surface area contributed by atoms with Gasteiger partial charge < -0.3 is 9.64 Å². The first-order chi connectivity index (χ1) is 9.69. The molecule has 2 aromatic carbocycles. The Labute approximate surface area is 126 Å². The fourth-order valence-electron chi connectivity index (χ4n) is 2.49. The van der Waals surface area contributed by atoms with Crippen LogP contribution in [0.15, 0.2) is 46.9 Å². The van der Waals surface area contributed by atoms with Gasteiger partial charge in [-0.3, -0.25) is 4.79 Å². The summed E-state index contributed by atoms with van der Waals surface area (Å²) in [5.41, 5.74) is 3.04. The number of hydrogen-bond donors (Lipinski definition) is 0. The Balaban J connectivity index is 1.88. The number of amides is 1. The number of ether oxygens (including phenoxy) is 1. The number of benzene rings is 2. The van der Waals surface area contributed by atoms with Crippen molar-refractivity contribution < 1.29 is 9.53 Å². The topological polar surface area (TPSA) is 29.5 Å². The molecule has 0 saturated heterocycles. The minimum atomic E-state index is 0.00514. The minimum Gasteiger partial charge on any atom is -0.496 e. The summed E-state index contributed by atoms with van der Waals surface area (Å²) >= 11 is 3.39. The highest BCUT2D eigenvalue weighted by atomic mass is 79.9. The van der Waals surface area contributed by atoms with Crippen LogP contribution in [0.4, 0.5) is 0 Å². The lowest BCUT2D eigenvalue weighted by Gasteiger charge is -2.17. The average Bonchev–Trinajstić information content (AvgIpc) is 2.90. The summed E-state index contributed by atoms with van der Waals surface area (Å²) in [7, 11) is 1.58. The molecule has 0 fully saturated rings. The van der Waals surface area contributed by atoms with E-state index >= 15 is 0 Å². The van der Waals surface area contributed by atoms with Gasteiger partial charge in [-0.25, -0.2) is 0 Å². The van der Waals surface area contributed by atoms with Crippen LogP contribution in [-0.4, -0.2) is 17.9 Å². The zero-order valence-electron chi connectivity index (χ0n) is 11.1. The molecule has 1 amide bonds. The number of halogens is 1. The van der Waals surface area contributed by atoms with Crippen LogP contribution in [0.3, 0.4) is 0 Å². The van der Waals surface area contributed by atoms with Crippen LogP contribution >= 0.6 is 15.9 Å². The van der Waals surface area contributed by atoms with Gasteiger partial charge in [-0.15, -0.1) is 0 Å². The summed E-state index contributed by atoms with van der Waals surface area (Å²) in [6, 6.07) is 13.6. The van der Waals surface area contributed by atoms with Gasteiger partial charge in [-0.1, -0.05) is 40.2 Å². The van der Waals surface area contributed by atoms with Crippen molar-refractivity contribution in [2.45, 2.75) is 13.1 Å². The van der Waals surface area contributed by atoms with Crippen LogP contribution in [0.25, 0.3) is 0 Å². The smallest absolute Gasteiger partial charge is 0.258 e. The Hall–Kier alpha value is -1.81. The van der Waals surface area contributed by atoms with Gasteiger partial charge in [0, 0.05) is 17.6 Å². The molecule has 102 valence electrons. The molecule has 0 radical (unpaired) electrons.